The number of aliphatic hydroxyl groups is 1. The SMILES string of the molecule is NC(=O)[C@@H](NC(=O)[C@H](CO)NC(=O)OCc1ccccc1)[C@@H]1CCCC(=O)C1. The molecule has 9 heteroatoms. The van der Waals surface area contributed by atoms with E-state index < -0.39 is 42.5 Å². The van der Waals surface area contributed by atoms with Crippen molar-refractivity contribution in [3.8, 4) is 0 Å². The average Bonchev–Trinajstić information content (AvgIpc) is 2.69. The van der Waals surface area contributed by atoms with Crippen molar-refractivity contribution in [2.75, 3.05) is 6.61 Å². The van der Waals surface area contributed by atoms with Crippen molar-refractivity contribution in [1.29, 1.82) is 0 Å². The van der Waals surface area contributed by atoms with Gasteiger partial charge in [-0.25, -0.2) is 4.79 Å². The van der Waals surface area contributed by atoms with Crippen molar-refractivity contribution in [3.63, 3.8) is 0 Å². The molecule has 3 atom stereocenters. The molecule has 1 aliphatic carbocycles. The van der Waals surface area contributed by atoms with Gasteiger partial charge in [0.25, 0.3) is 0 Å². The number of alkyl carbamates (subject to hydrolysis) is 1. The van der Waals surface area contributed by atoms with E-state index in [2.05, 4.69) is 10.6 Å². The fourth-order valence-corrected chi connectivity index (χ4v) is 3.12. The first-order valence-electron chi connectivity index (χ1n) is 9.10. The number of nitrogens with one attached hydrogen (secondary N) is 2. The number of primary amides is 1. The van der Waals surface area contributed by atoms with Gasteiger partial charge in [-0.05, 0) is 24.3 Å². The number of hydrogen-bond donors (Lipinski definition) is 4. The summed E-state index contributed by atoms with van der Waals surface area (Å²) in [7, 11) is 0. The fourth-order valence-electron chi connectivity index (χ4n) is 3.12. The highest BCUT2D eigenvalue weighted by Crippen LogP contribution is 2.24. The molecule has 0 aromatic heterocycles. The normalized spacial score (nSPS) is 18.6. The largest absolute Gasteiger partial charge is 0.445 e. The zero-order valence-electron chi connectivity index (χ0n) is 15.4. The topological polar surface area (TPSA) is 148 Å². The molecular formula is C19H25N3O6. The number of hydrogen-bond acceptors (Lipinski definition) is 6. The highest BCUT2D eigenvalue weighted by molar-refractivity contribution is 5.91. The smallest absolute Gasteiger partial charge is 0.408 e. The third-order valence-electron chi connectivity index (χ3n) is 4.60. The molecule has 0 bridgehead atoms. The molecule has 0 saturated heterocycles. The van der Waals surface area contributed by atoms with Crippen LogP contribution in [0.2, 0.25) is 0 Å². The van der Waals surface area contributed by atoms with Crippen molar-refractivity contribution in [2.45, 2.75) is 44.4 Å². The maximum atomic E-state index is 12.4. The number of carbonyl (C=O) groups is 4. The van der Waals surface area contributed by atoms with E-state index in [0.717, 1.165) is 5.56 Å². The number of Topliss-reactive ketones (excluding diaryl/α,β-unsaturated/α-hetero) is 1. The lowest BCUT2D eigenvalue weighted by molar-refractivity contribution is -0.132. The summed E-state index contributed by atoms with van der Waals surface area (Å²) in [6.45, 7) is -0.693. The van der Waals surface area contributed by atoms with Crippen LogP contribution < -0.4 is 16.4 Å². The third kappa shape index (κ3) is 6.34. The quantitative estimate of drug-likeness (QED) is 0.490. The van der Waals surface area contributed by atoms with Gasteiger partial charge in [-0.2, -0.15) is 0 Å². The summed E-state index contributed by atoms with van der Waals surface area (Å²) >= 11 is 0. The first-order chi connectivity index (χ1) is 13.4. The molecule has 1 saturated carbocycles. The summed E-state index contributed by atoms with van der Waals surface area (Å²) in [6, 6.07) is 6.59. The number of amides is 3. The maximum Gasteiger partial charge on any atom is 0.408 e. The molecule has 5 N–H and O–H groups in total. The van der Waals surface area contributed by atoms with E-state index in [1.54, 1.807) is 24.3 Å². The Kier molecular flexibility index (Phi) is 7.94. The average molecular weight is 391 g/mol. The van der Waals surface area contributed by atoms with Crippen LogP contribution >= 0.6 is 0 Å². The van der Waals surface area contributed by atoms with E-state index in [9.17, 15) is 24.3 Å². The molecule has 1 aromatic rings. The van der Waals surface area contributed by atoms with Gasteiger partial charge in [0.1, 0.15) is 24.5 Å². The Labute approximate surface area is 162 Å². The molecule has 1 aromatic carbocycles. The Balaban J connectivity index is 1.90. The molecule has 0 radical (unpaired) electrons. The molecule has 9 nitrogen and oxygen atoms in total. The van der Waals surface area contributed by atoms with Crippen molar-refractivity contribution >= 4 is 23.7 Å². The predicted molar refractivity (Wildman–Crippen MR) is 98.7 cm³/mol. The number of aliphatic hydroxyl groups excluding tert-OH is 1. The van der Waals surface area contributed by atoms with Crippen LogP contribution in [-0.2, 0) is 25.7 Å². The minimum absolute atomic E-state index is 0.000533. The second-order valence-corrected chi connectivity index (χ2v) is 6.72. The van der Waals surface area contributed by atoms with Gasteiger partial charge in [-0.15, -0.1) is 0 Å². The van der Waals surface area contributed by atoms with Crippen LogP contribution in [0.3, 0.4) is 0 Å². The van der Waals surface area contributed by atoms with Gasteiger partial charge in [-0.3, -0.25) is 14.4 Å². The molecule has 1 aliphatic rings. The molecule has 3 amide bonds. The molecule has 0 aliphatic heterocycles. The van der Waals surface area contributed by atoms with Crippen LogP contribution in [-0.4, -0.2) is 47.5 Å². The van der Waals surface area contributed by atoms with Gasteiger partial charge in [0.05, 0.1) is 6.61 Å². The molecule has 0 spiro atoms. The van der Waals surface area contributed by atoms with E-state index in [4.69, 9.17) is 10.5 Å². The third-order valence-corrected chi connectivity index (χ3v) is 4.60. The van der Waals surface area contributed by atoms with Gasteiger partial charge in [0, 0.05) is 12.8 Å². The maximum absolute atomic E-state index is 12.4. The minimum atomic E-state index is -1.32. The van der Waals surface area contributed by atoms with E-state index in [1.165, 1.54) is 0 Å². The van der Waals surface area contributed by atoms with Gasteiger partial charge in [0.2, 0.25) is 11.8 Å². The summed E-state index contributed by atoms with van der Waals surface area (Å²) in [5, 5.41) is 14.1. The van der Waals surface area contributed by atoms with E-state index >= 15 is 0 Å². The first-order valence-corrected chi connectivity index (χ1v) is 9.10. The highest BCUT2D eigenvalue weighted by Gasteiger charge is 2.34. The van der Waals surface area contributed by atoms with E-state index in [-0.39, 0.29) is 18.8 Å². The summed E-state index contributed by atoms with van der Waals surface area (Å²) in [6.07, 6.45) is 0.919. The Morgan fingerprint density at radius 1 is 1.21 bits per heavy atom. The lowest BCUT2D eigenvalue weighted by Gasteiger charge is -2.29. The highest BCUT2D eigenvalue weighted by atomic mass is 16.5. The molecule has 28 heavy (non-hydrogen) atoms. The van der Waals surface area contributed by atoms with Crippen molar-refractivity contribution in [3.05, 3.63) is 35.9 Å². The molecule has 152 valence electrons. The summed E-state index contributed by atoms with van der Waals surface area (Å²) in [5.74, 6) is -1.93. The Hall–Kier alpha value is -2.94. The molecule has 0 unspecified atom stereocenters. The van der Waals surface area contributed by atoms with Crippen LogP contribution in [0.25, 0.3) is 0 Å². The number of benzene rings is 1. The van der Waals surface area contributed by atoms with Crippen LogP contribution in [0, 0.1) is 5.92 Å². The Morgan fingerprint density at radius 3 is 2.54 bits per heavy atom. The van der Waals surface area contributed by atoms with E-state index in [0.29, 0.717) is 19.3 Å². The fraction of sp³-hybridized carbons (Fsp3) is 0.474. The molecule has 1 fully saturated rings. The van der Waals surface area contributed by atoms with Gasteiger partial charge < -0.3 is 26.2 Å². The number of ketones is 1. The van der Waals surface area contributed by atoms with Crippen LogP contribution in [0.4, 0.5) is 4.79 Å². The minimum Gasteiger partial charge on any atom is -0.445 e. The first kappa shape index (κ1) is 21.4. The Bertz CT molecular complexity index is 709. The molecular weight excluding hydrogens is 366 g/mol. The van der Waals surface area contributed by atoms with Gasteiger partial charge in [-0.1, -0.05) is 30.3 Å². The number of rotatable bonds is 8. The van der Waals surface area contributed by atoms with Crippen LogP contribution in [0.1, 0.15) is 31.2 Å². The number of nitrogens with two attached hydrogens (primary N) is 1. The van der Waals surface area contributed by atoms with Crippen LogP contribution in [0.5, 0.6) is 0 Å². The van der Waals surface area contributed by atoms with Crippen molar-refractivity contribution < 1.29 is 29.0 Å². The zero-order chi connectivity index (χ0) is 20.5. The molecule has 2 rings (SSSR count). The number of carbonyl (C=O) groups excluding carboxylic acids is 4. The van der Waals surface area contributed by atoms with Gasteiger partial charge >= 0.3 is 6.09 Å². The predicted octanol–water partition coefficient (Wildman–Crippen LogP) is 0.00310. The van der Waals surface area contributed by atoms with E-state index in [1.807, 2.05) is 6.07 Å². The monoisotopic (exact) mass is 391 g/mol. The summed E-state index contributed by atoms with van der Waals surface area (Å²) in [5.41, 5.74) is 6.14. The number of ether oxygens (including phenoxy) is 1. The van der Waals surface area contributed by atoms with Crippen molar-refractivity contribution in [2.24, 2.45) is 11.7 Å². The standard InChI is InChI=1S/C19H25N3O6/c20-17(25)16(13-7-4-8-14(24)9-13)22-18(26)15(10-23)21-19(27)28-11-12-5-2-1-3-6-12/h1-3,5-6,13,15-16,23H,4,7-11H2,(H2,20,25)(H,21,27)(H,22,26)/t13-,15+,16+/m1/s1. The molecule has 0 heterocycles. The summed E-state index contributed by atoms with van der Waals surface area (Å²) in [4.78, 5) is 47.7. The Morgan fingerprint density at radius 2 is 1.93 bits per heavy atom. The second-order valence-electron chi connectivity index (χ2n) is 6.72. The lowest BCUT2D eigenvalue weighted by Crippen LogP contribution is -2.56. The van der Waals surface area contributed by atoms with Crippen molar-refractivity contribution in [1.82, 2.24) is 10.6 Å². The van der Waals surface area contributed by atoms with Gasteiger partial charge in [0.15, 0.2) is 0 Å². The van der Waals surface area contributed by atoms with Crippen LogP contribution in [0.15, 0.2) is 30.3 Å². The second kappa shape index (κ2) is 10.4. The summed E-state index contributed by atoms with van der Waals surface area (Å²) < 4.78 is 5.02. The lowest BCUT2D eigenvalue weighted by atomic mass is 9.82. The zero-order valence-corrected chi connectivity index (χ0v) is 15.4.